The van der Waals surface area contributed by atoms with Gasteiger partial charge < -0.3 is 19.9 Å². The van der Waals surface area contributed by atoms with Crippen molar-refractivity contribution in [2.45, 2.75) is 32.6 Å². The summed E-state index contributed by atoms with van der Waals surface area (Å²) in [6.07, 6.45) is 1.16. The third kappa shape index (κ3) is 5.34. The second-order valence-electron chi connectivity index (χ2n) is 8.41. The Labute approximate surface area is 203 Å². The number of halogens is 1. The van der Waals surface area contributed by atoms with Gasteiger partial charge in [-0.1, -0.05) is 35.4 Å². The molecule has 1 atom stereocenters. The highest BCUT2D eigenvalue weighted by Crippen LogP contribution is 2.41. The first-order chi connectivity index (χ1) is 16.3. The molecule has 2 N–H and O–H groups in total. The summed E-state index contributed by atoms with van der Waals surface area (Å²) in [6, 6.07) is 16.3. The van der Waals surface area contributed by atoms with Crippen molar-refractivity contribution in [3.8, 4) is 17.2 Å². The van der Waals surface area contributed by atoms with Crippen molar-refractivity contribution >= 4 is 23.5 Å². The van der Waals surface area contributed by atoms with E-state index in [1.807, 2.05) is 0 Å². The van der Waals surface area contributed by atoms with E-state index in [4.69, 9.17) is 21.1 Å². The van der Waals surface area contributed by atoms with Crippen LogP contribution in [0.25, 0.3) is 0 Å². The number of aryl methyl sites for hydroxylation is 2. The quantitative estimate of drug-likeness (QED) is 0.456. The fourth-order valence-corrected chi connectivity index (χ4v) is 4.22. The van der Waals surface area contributed by atoms with Crippen molar-refractivity contribution in [1.29, 1.82) is 0 Å². The number of benzene rings is 3. The maximum Gasteiger partial charge on any atom is 0.311 e. The van der Waals surface area contributed by atoms with Crippen LogP contribution in [0.3, 0.4) is 0 Å². The molecule has 3 aromatic rings. The lowest BCUT2D eigenvalue weighted by molar-refractivity contribution is -0.139. The van der Waals surface area contributed by atoms with E-state index in [0.717, 1.165) is 6.42 Å². The standard InChI is InChI=1S/C27H26ClNO5/c1-16-3-4-17(2)19(13-16)9-11-29-26(30)18-5-7-20(8-6-18)34-25-15-24-22(14-23(25)28)21(27(31)32)10-12-33-24/h3-8,13-15,21H,9-12H2,1-2H3,(H,29,30)(H,31,32). The Kier molecular flexibility index (Phi) is 7.08. The highest BCUT2D eigenvalue weighted by atomic mass is 35.5. The van der Waals surface area contributed by atoms with Crippen molar-refractivity contribution in [2.24, 2.45) is 0 Å². The first-order valence-corrected chi connectivity index (χ1v) is 11.5. The van der Waals surface area contributed by atoms with Gasteiger partial charge in [-0.05, 0) is 68.1 Å². The molecule has 0 spiro atoms. The molecule has 1 aliphatic rings. The van der Waals surface area contributed by atoms with Crippen molar-refractivity contribution in [3.05, 3.63) is 87.4 Å². The Balaban J connectivity index is 1.38. The summed E-state index contributed by atoms with van der Waals surface area (Å²) < 4.78 is 11.5. The number of carboxylic acids is 1. The number of carboxylic acid groups (broad SMARTS) is 1. The van der Waals surface area contributed by atoms with E-state index >= 15 is 0 Å². The number of aliphatic carboxylic acids is 1. The van der Waals surface area contributed by atoms with Crippen molar-refractivity contribution in [2.75, 3.05) is 13.2 Å². The summed E-state index contributed by atoms with van der Waals surface area (Å²) in [6.45, 7) is 4.99. The van der Waals surface area contributed by atoms with Crippen LogP contribution in [0.15, 0.2) is 54.6 Å². The van der Waals surface area contributed by atoms with Crippen molar-refractivity contribution in [1.82, 2.24) is 5.32 Å². The Hall–Kier alpha value is -3.51. The molecule has 4 rings (SSSR count). The molecular formula is C27H26ClNO5. The minimum absolute atomic E-state index is 0.156. The average Bonchev–Trinajstić information content (AvgIpc) is 2.81. The summed E-state index contributed by atoms with van der Waals surface area (Å²) in [5.74, 6) is -0.397. The smallest absolute Gasteiger partial charge is 0.311 e. The summed E-state index contributed by atoms with van der Waals surface area (Å²) in [4.78, 5) is 24.0. The second-order valence-corrected chi connectivity index (χ2v) is 8.82. The van der Waals surface area contributed by atoms with Gasteiger partial charge in [0.15, 0.2) is 0 Å². The van der Waals surface area contributed by atoms with Gasteiger partial charge in [-0.15, -0.1) is 0 Å². The number of carbonyl (C=O) groups is 2. The van der Waals surface area contributed by atoms with Gasteiger partial charge >= 0.3 is 5.97 Å². The third-order valence-electron chi connectivity index (χ3n) is 5.93. The molecular weight excluding hydrogens is 454 g/mol. The van der Waals surface area contributed by atoms with Gasteiger partial charge in [-0.25, -0.2) is 0 Å². The SMILES string of the molecule is Cc1ccc(C)c(CCNC(=O)c2ccc(Oc3cc4c(cc3Cl)C(C(=O)O)CCO4)cc2)c1. The van der Waals surface area contributed by atoms with E-state index in [1.165, 1.54) is 16.7 Å². The minimum atomic E-state index is -0.905. The molecule has 34 heavy (non-hydrogen) atoms. The molecule has 1 amide bonds. The highest BCUT2D eigenvalue weighted by molar-refractivity contribution is 6.32. The number of amides is 1. The summed E-state index contributed by atoms with van der Waals surface area (Å²) in [7, 11) is 0. The summed E-state index contributed by atoms with van der Waals surface area (Å²) in [5, 5.41) is 12.7. The van der Waals surface area contributed by atoms with E-state index in [0.29, 0.717) is 53.0 Å². The predicted molar refractivity (Wildman–Crippen MR) is 130 cm³/mol. The van der Waals surface area contributed by atoms with Gasteiger partial charge in [0.05, 0.1) is 17.5 Å². The van der Waals surface area contributed by atoms with E-state index in [-0.39, 0.29) is 5.91 Å². The molecule has 6 nitrogen and oxygen atoms in total. The van der Waals surface area contributed by atoms with E-state index in [9.17, 15) is 14.7 Å². The number of rotatable bonds is 7. The molecule has 1 aliphatic heterocycles. The Morgan fingerprint density at radius 1 is 1.12 bits per heavy atom. The highest BCUT2D eigenvalue weighted by Gasteiger charge is 2.29. The van der Waals surface area contributed by atoms with Gasteiger partial charge in [0.25, 0.3) is 5.91 Å². The molecule has 0 fully saturated rings. The zero-order valence-corrected chi connectivity index (χ0v) is 19.8. The Morgan fingerprint density at radius 2 is 1.88 bits per heavy atom. The third-order valence-corrected chi connectivity index (χ3v) is 6.23. The largest absolute Gasteiger partial charge is 0.493 e. The van der Waals surface area contributed by atoms with Crippen LogP contribution in [0.1, 0.15) is 45.0 Å². The van der Waals surface area contributed by atoms with Crippen LogP contribution in [0.4, 0.5) is 0 Å². The lowest BCUT2D eigenvalue weighted by atomic mass is 9.93. The molecule has 0 aliphatic carbocycles. The lowest BCUT2D eigenvalue weighted by Gasteiger charge is -2.24. The zero-order chi connectivity index (χ0) is 24.2. The van der Waals surface area contributed by atoms with E-state index in [2.05, 4.69) is 37.4 Å². The number of hydrogen-bond acceptors (Lipinski definition) is 4. The summed E-state index contributed by atoms with van der Waals surface area (Å²) >= 11 is 6.35. The van der Waals surface area contributed by atoms with Gasteiger partial charge in [0, 0.05) is 23.7 Å². The fraction of sp³-hybridized carbons (Fsp3) is 0.259. The molecule has 0 saturated carbocycles. The van der Waals surface area contributed by atoms with E-state index in [1.54, 1.807) is 36.4 Å². The van der Waals surface area contributed by atoms with Crippen molar-refractivity contribution in [3.63, 3.8) is 0 Å². The molecule has 3 aromatic carbocycles. The molecule has 0 radical (unpaired) electrons. The lowest BCUT2D eigenvalue weighted by Crippen LogP contribution is -2.25. The van der Waals surface area contributed by atoms with Crippen LogP contribution in [-0.2, 0) is 11.2 Å². The van der Waals surface area contributed by atoms with Gasteiger partial charge in [0.1, 0.15) is 17.2 Å². The number of hydrogen-bond donors (Lipinski definition) is 2. The fourth-order valence-electron chi connectivity index (χ4n) is 4.01. The summed E-state index contributed by atoms with van der Waals surface area (Å²) in [5.41, 5.74) is 4.71. The van der Waals surface area contributed by atoms with Crippen LogP contribution in [0, 0.1) is 13.8 Å². The maximum absolute atomic E-state index is 12.5. The average molecular weight is 480 g/mol. The monoisotopic (exact) mass is 479 g/mol. The van der Waals surface area contributed by atoms with Crippen LogP contribution in [0.2, 0.25) is 5.02 Å². The molecule has 0 bridgehead atoms. The Morgan fingerprint density at radius 3 is 2.62 bits per heavy atom. The van der Waals surface area contributed by atoms with Crippen LogP contribution in [-0.4, -0.2) is 30.1 Å². The van der Waals surface area contributed by atoms with Crippen LogP contribution >= 0.6 is 11.6 Å². The Bertz CT molecular complexity index is 1220. The molecule has 0 saturated heterocycles. The number of nitrogens with one attached hydrogen (secondary N) is 1. The van der Waals surface area contributed by atoms with Gasteiger partial charge in [0.2, 0.25) is 0 Å². The molecule has 0 aromatic heterocycles. The van der Waals surface area contributed by atoms with Gasteiger partial charge in [-0.2, -0.15) is 0 Å². The zero-order valence-electron chi connectivity index (χ0n) is 19.1. The maximum atomic E-state index is 12.5. The predicted octanol–water partition coefficient (Wildman–Crippen LogP) is 5.67. The molecule has 176 valence electrons. The van der Waals surface area contributed by atoms with Crippen LogP contribution in [0.5, 0.6) is 17.2 Å². The molecule has 7 heteroatoms. The molecule has 1 unspecified atom stereocenters. The topological polar surface area (TPSA) is 84.9 Å². The number of carbonyl (C=O) groups excluding carboxylic acids is 1. The number of fused-ring (bicyclic) bond motifs is 1. The number of ether oxygens (including phenoxy) is 2. The molecule has 1 heterocycles. The van der Waals surface area contributed by atoms with Gasteiger partial charge in [-0.3, -0.25) is 9.59 Å². The van der Waals surface area contributed by atoms with Crippen LogP contribution < -0.4 is 14.8 Å². The second kappa shape index (κ2) is 10.2. The van der Waals surface area contributed by atoms with Crippen molar-refractivity contribution < 1.29 is 24.2 Å². The first kappa shape index (κ1) is 23.6. The first-order valence-electron chi connectivity index (χ1n) is 11.1. The van der Waals surface area contributed by atoms with E-state index < -0.39 is 11.9 Å². The normalized spacial score (nSPS) is 14.6. The minimum Gasteiger partial charge on any atom is -0.493 e.